The molecule has 0 spiro atoms. The van der Waals surface area contributed by atoms with Crippen molar-refractivity contribution < 1.29 is 14.3 Å². The van der Waals surface area contributed by atoms with Gasteiger partial charge in [0, 0.05) is 13.2 Å². The molecule has 4 heteroatoms. The number of amides is 1. The molecule has 0 heterocycles. The van der Waals surface area contributed by atoms with Gasteiger partial charge in [-0.05, 0) is 80.4 Å². The predicted molar refractivity (Wildman–Crippen MR) is 101 cm³/mol. The van der Waals surface area contributed by atoms with Crippen LogP contribution in [0.1, 0.15) is 51.0 Å². The molecule has 4 aliphatic carbocycles. The van der Waals surface area contributed by atoms with Gasteiger partial charge in [0.15, 0.2) is 0 Å². The van der Waals surface area contributed by atoms with Gasteiger partial charge in [0.05, 0.1) is 19.1 Å². The van der Waals surface area contributed by atoms with Crippen molar-refractivity contribution in [3.63, 3.8) is 0 Å². The summed E-state index contributed by atoms with van der Waals surface area (Å²) < 4.78 is 10.5. The Labute approximate surface area is 156 Å². The second-order valence-electron chi connectivity index (χ2n) is 9.08. The molecule has 4 nitrogen and oxygen atoms in total. The molecule has 142 valence electrons. The molecule has 1 N–H and O–H groups in total. The molecule has 1 aromatic rings. The second-order valence-corrected chi connectivity index (χ2v) is 9.08. The maximum Gasteiger partial charge on any atom is 0.226 e. The number of carbonyl (C=O) groups is 1. The lowest BCUT2D eigenvalue weighted by molar-refractivity contribution is -0.150. The second kappa shape index (κ2) is 6.56. The van der Waals surface area contributed by atoms with Crippen LogP contribution < -0.4 is 10.1 Å². The number of ether oxygens (including phenoxy) is 2. The van der Waals surface area contributed by atoms with E-state index in [2.05, 4.69) is 29.6 Å². The van der Waals surface area contributed by atoms with Crippen LogP contribution in [0, 0.1) is 17.3 Å². The first-order chi connectivity index (χ1) is 12.5. The van der Waals surface area contributed by atoms with Crippen LogP contribution >= 0.6 is 0 Å². The van der Waals surface area contributed by atoms with Crippen molar-refractivity contribution in [2.75, 3.05) is 20.8 Å². The number of rotatable bonds is 6. The van der Waals surface area contributed by atoms with E-state index in [1.54, 1.807) is 14.2 Å². The Morgan fingerprint density at radius 2 is 1.81 bits per heavy atom. The lowest BCUT2D eigenvalue weighted by Crippen LogP contribution is -2.60. The van der Waals surface area contributed by atoms with Gasteiger partial charge in [-0.15, -0.1) is 0 Å². The third kappa shape index (κ3) is 2.92. The van der Waals surface area contributed by atoms with E-state index < -0.39 is 0 Å². The standard InChI is InChI=1S/C22H31NO3/c1-15(13-25-2)23-20(24)22-11-16-8-17(12-22)10-21(9-16,14-22)18-4-6-19(26-3)7-5-18/h4-7,15-17H,8-14H2,1-3H3,(H,23,24)/t15-,16-,17+,21?,22?/m1/s1. The molecule has 5 rings (SSSR count). The third-order valence-electron chi connectivity index (χ3n) is 7.04. The highest BCUT2D eigenvalue weighted by atomic mass is 16.5. The predicted octanol–water partition coefficient (Wildman–Crippen LogP) is 3.68. The molecule has 26 heavy (non-hydrogen) atoms. The number of benzene rings is 1. The van der Waals surface area contributed by atoms with E-state index in [-0.39, 0.29) is 22.8 Å². The van der Waals surface area contributed by atoms with Crippen LogP contribution in [0.3, 0.4) is 0 Å². The summed E-state index contributed by atoms with van der Waals surface area (Å²) in [6, 6.07) is 8.66. The Hall–Kier alpha value is -1.55. The van der Waals surface area contributed by atoms with Crippen LogP contribution in [0.2, 0.25) is 0 Å². The molecular formula is C22H31NO3. The van der Waals surface area contributed by atoms with Gasteiger partial charge in [0.25, 0.3) is 0 Å². The fraction of sp³-hybridized carbons (Fsp3) is 0.682. The van der Waals surface area contributed by atoms with E-state index >= 15 is 0 Å². The molecular weight excluding hydrogens is 326 g/mol. The molecule has 0 radical (unpaired) electrons. The van der Waals surface area contributed by atoms with Gasteiger partial charge in [-0.1, -0.05) is 12.1 Å². The Morgan fingerprint density at radius 3 is 2.38 bits per heavy atom. The first kappa shape index (κ1) is 17.8. The monoisotopic (exact) mass is 357 g/mol. The molecule has 4 fully saturated rings. The third-order valence-corrected chi connectivity index (χ3v) is 7.04. The number of nitrogens with one attached hydrogen (secondary N) is 1. The Balaban J connectivity index is 1.61. The molecule has 1 amide bonds. The highest BCUT2D eigenvalue weighted by molar-refractivity contribution is 5.83. The Morgan fingerprint density at radius 1 is 1.15 bits per heavy atom. The summed E-state index contributed by atoms with van der Waals surface area (Å²) in [5.74, 6) is 2.53. The van der Waals surface area contributed by atoms with Gasteiger partial charge in [-0.25, -0.2) is 0 Å². The zero-order valence-electron chi connectivity index (χ0n) is 16.2. The summed E-state index contributed by atoms with van der Waals surface area (Å²) in [7, 11) is 3.40. The van der Waals surface area contributed by atoms with Gasteiger partial charge in [-0.3, -0.25) is 4.79 Å². The highest BCUT2D eigenvalue weighted by Crippen LogP contribution is 2.65. The number of hydrogen-bond acceptors (Lipinski definition) is 3. The van der Waals surface area contributed by atoms with Crippen LogP contribution in [-0.4, -0.2) is 32.8 Å². The van der Waals surface area contributed by atoms with Crippen molar-refractivity contribution in [1.29, 1.82) is 0 Å². The summed E-state index contributed by atoms with van der Waals surface area (Å²) >= 11 is 0. The maximum absolute atomic E-state index is 13.3. The minimum absolute atomic E-state index is 0.0671. The maximum atomic E-state index is 13.3. The van der Waals surface area contributed by atoms with Gasteiger partial charge >= 0.3 is 0 Å². The Kier molecular flexibility index (Phi) is 4.50. The molecule has 0 aliphatic heterocycles. The molecule has 1 aromatic carbocycles. The van der Waals surface area contributed by atoms with E-state index in [0.717, 1.165) is 25.0 Å². The SMILES string of the molecule is COC[C@@H](C)NC(=O)C12C[C@H]3C[C@@H](C1)CC(c1ccc(OC)cc1)(C3)C2. The zero-order valence-corrected chi connectivity index (χ0v) is 16.2. The van der Waals surface area contributed by atoms with E-state index in [1.807, 2.05) is 6.92 Å². The van der Waals surface area contributed by atoms with Crippen LogP contribution in [0.15, 0.2) is 24.3 Å². The molecule has 4 saturated carbocycles. The summed E-state index contributed by atoms with van der Waals surface area (Å²) in [4.78, 5) is 13.3. The van der Waals surface area contributed by atoms with Gasteiger partial charge < -0.3 is 14.8 Å². The first-order valence-electron chi connectivity index (χ1n) is 9.93. The largest absolute Gasteiger partial charge is 0.497 e. The Bertz CT molecular complexity index is 654. The first-order valence-corrected chi connectivity index (χ1v) is 9.93. The van der Waals surface area contributed by atoms with Crippen molar-refractivity contribution in [1.82, 2.24) is 5.32 Å². The van der Waals surface area contributed by atoms with Crippen molar-refractivity contribution in [3.8, 4) is 5.75 Å². The van der Waals surface area contributed by atoms with E-state index in [0.29, 0.717) is 18.4 Å². The van der Waals surface area contributed by atoms with Crippen molar-refractivity contribution in [2.24, 2.45) is 17.3 Å². The zero-order chi connectivity index (χ0) is 18.4. The molecule has 4 aliphatic rings. The van der Waals surface area contributed by atoms with Crippen LogP contribution in [0.25, 0.3) is 0 Å². The number of carbonyl (C=O) groups excluding carboxylic acids is 1. The van der Waals surface area contributed by atoms with E-state index in [4.69, 9.17) is 9.47 Å². The number of methoxy groups -OCH3 is 2. The summed E-state index contributed by atoms with van der Waals surface area (Å²) in [6.45, 7) is 2.60. The van der Waals surface area contributed by atoms with Crippen LogP contribution in [0.5, 0.6) is 5.75 Å². The van der Waals surface area contributed by atoms with Gasteiger partial charge in [0.1, 0.15) is 5.75 Å². The topological polar surface area (TPSA) is 47.6 Å². The fourth-order valence-electron chi connectivity index (χ4n) is 6.48. The van der Waals surface area contributed by atoms with Crippen molar-refractivity contribution in [3.05, 3.63) is 29.8 Å². The highest BCUT2D eigenvalue weighted by Gasteiger charge is 2.60. The summed E-state index contributed by atoms with van der Waals surface area (Å²) in [5.41, 5.74) is 1.37. The average Bonchev–Trinajstić information content (AvgIpc) is 2.61. The number of hydrogen-bond donors (Lipinski definition) is 1. The lowest BCUT2D eigenvalue weighted by Gasteiger charge is -2.61. The minimum atomic E-state index is -0.188. The van der Waals surface area contributed by atoms with Crippen molar-refractivity contribution >= 4 is 5.91 Å². The van der Waals surface area contributed by atoms with Crippen LogP contribution in [-0.2, 0) is 14.9 Å². The van der Waals surface area contributed by atoms with Gasteiger partial charge in [-0.2, -0.15) is 0 Å². The molecule has 0 saturated heterocycles. The smallest absolute Gasteiger partial charge is 0.226 e. The average molecular weight is 357 g/mol. The molecule has 2 unspecified atom stereocenters. The van der Waals surface area contributed by atoms with E-state index in [9.17, 15) is 4.79 Å². The summed E-state index contributed by atoms with van der Waals surface area (Å²) in [5, 5.41) is 3.24. The molecule has 4 bridgehead atoms. The molecule has 0 aromatic heterocycles. The van der Waals surface area contributed by atoms with Crippen LogP contribution in [0.4, 0.5) is 0 Å². The summed E-state index contributed by atoms with van der Waals surface area (Å²) in [6.07, 6.45) is 6.89. The quantitative estimate of drug-likeness (QED) is 0.845. The normalized spacial score (nSPS) is 36.0. The minimum Gasteiger partial charge on any atom is -0.497 e. The van der Waals surface area contributed by atoms with Gasteiger partial charge in [0.2, 0.25) is 5.91 Å². The molecule has 5 atom stereocenters. The lowest BCUT2D eigenvalue weighted by atomic mass is 9.42. The van der Waals surface area contributed by atoms with E-state index in [1.165, 1.54) is 24.8 Å². The fourth-order valence-corrected chi connectivity index (χ4v) is 6.48. The van der Waals surface area contributed by atoms with Crippen molar-refractivity contribution in [2.45, 2.75) is 56.9 Å².